The Labute approximate surface area is 130 Å². The Balaban J connectivity index is 1.86. The Morgan fingerprint density at radius 2 is 2.05 bits per heavy atom. The van der Waals surface area contributed by atoms with E-state index in [1.54, 1.807) is 24.3 Å². The summed E-state index contributed by atoms with van der Waals surface area (Å²) in [6.07, 6.45) is 4.45. The highest BCUT2D eigenvalue weighted by atomic mass is 35.5. The molecule has 1 aromatic carbocycles. The van der Waals surface area contributed by atoms with E-state index in [1.165, 1.54) is 23.4 Å². The van der Waals surface area contributed by atoms with Gasteiger partial charge in [0.05, 0.1) is 24.4 Å². The molecule has 0 aliphatic rings. The van der Waals surface area contributed by atoms with Gasteiger partial charge in [-0.3, -0.25) is 10.2 Å². The van der Waals surface area contributed by atoms with Crippen LogP contribution < -0.4 is 11.0 Å². The first-order valence-corrected chi connectivity index (χ1v) is 6.79. The summed E-state index contributed by atoms with van der Waals surface area (Å²) in [7, 11) is 0. The van der Waals surface area contributed by atoms with Crippen LogP contribution in [-0.2, 0) is 0 Å². The number of aromatic nitrogens is 2. The molecule has 2 heterocycles. The zero-order chi connectivity index (χ0) is 15.4. The molecule has 0 aliphatic heterocycles. The zero-order valence-electron chi connectivity index (χ0n) is 11.3. The highest BCUT2D eigenvalue weighted by Crippen LogP contribution is 2.16. The Morgan fingerprint density at radius 1 is 1.23 bits per heavy atom. The fourth-order valence-corrected chi connectivity index (χ4v) is 1.97. The Kier molecular flexibility index (Phi) is 4.02. The van der Waals surface area contributed by atoms with Crippen LogP contribution in [0.25, 0.3) is 5.69 Å². The summed E-state index contributed by atoms with van der Waals surface area (Å²) in [5.74, 6) is 0.578. The Morgan fingerprint density at radius 3 is 2.77 bits per heavy atom. The van der Waals surface area contributed by atoms with E-state index in [-0.39, 0.29) is 5.02 Å². The topological polar surface area (TPSA) is 72.4 Å². The first-order chi connectivity index (χ1) is 10.8. The molecule has 0 radical (unpaired) electrons. The third kappa shape index (κ3) is 2.91. The summed E-state index contributed by atoms with van der Waals surface area (Å²) >= 11 is 6.08. The molecule has 3 aromatic rings. The van der Waals surface area contributed by atoms with Crippen LogP contribution in [0.15, 0.2) is 69.2 Å². The number of nitrogens with zero attached hydrogens (tertiary/aromatic N) is 3. The molecule has 0 atom stereocenters. The van der Waals surface area contributed by atoms with Crippen molar-refractivity contribution in [1.82, 2.24) is 9.78 Å². The van der Waals surface area contributed by atoms with E-state index < -0.39 is 5.56 Å². The number of hydrogen-bond donors (Lipinski definition) is 1. The molecule has 0 aliphatic carbocycles. The van der Waals surface area contributed by atoms with Gasteiger partial charge in [-0.05, 0) is 24.3 Å². The molecule has 0 amide bonds. The minimum absolute atomic E-state index is 0.00967. The third-order valence-corrected chi connectivity index (χ3v) is 3.20. The van der Waals surface area contributed by atoms with Gasteiger partial charge in [0.1, 0.15) is 16.5 Å². The quantitative estimate of drug-likeness (QED) is 0.593. The largest absolute Gasteiger partial charge is 0.463 e. The predicted octanol–water partition coefficient (Wildman–Crippen LogP) is 2.92. The van der Waals surface area contributed by atoms with Gasteiger partial charge in [0.25, 0.3) is 5.56 Å². The Hall–Kier alpha value is -2.86. The molecular formula is C15H11ClN4O2. The number of halogens is 1. The van der Waals surface area contributed by atoms with E-state index in [1.807, 2.05) is 18.2 Å². The third-order valence-electron chi connectivity index (χ3n) is 2.84. The van der Waals surface area contributed by atoms with Crippen LogP contribution in [0.2, 0.25) is 5.02 Å². The maximum absolute atomic E-state index is 12.2. The fourth-order valence-electron chi connectivity index (χ4n) is 1.79. The molecule has 7 heteroatoms. The standard InChI is InChI=1S/C15H11ClN4O2/c16-14-13(19-17-9-12-7-4-8-22-12)10-18-20(15(14)21)11-5-2-1-3-6-11/h1-10,19H/b17-9-. The molecule has 0 fully saturated rings. The molecule has 0 bridgehead atoms. The van der Waals surface area contributed by atoms with Crippen LogP contribution in [0.3, 0.4) is 0 Å². The van der Waals surface area contributed by atoms with Gasteiger partial charge in [-0.1, -0.05) is 29.8 Å². The summed E-state index contributed by atoms with van der Waals surface area (Å²) in [5, 5.41) is 8.04. The van der Waals surface area contributed by atoms with E-state index in [4.69, 9.17) is 16.0 Å². The highest BCUT2D eigenvalue weighted by molar-refractivity contribution is 6.32. The molecule has 2 aromatic heterocycles. The van der Waals surface area contributed by atoms with Gasteiger partial charge in [-0.15, -0.1) is 0 Å². The molecule has 0 unspecified atom stereocenters. The number of para-hydroxylation sites is 1. The maximum Gasteiger partial charge on any atom is 0.292 e. The van der Waals surface area contributed by atoms with Crippen molar-refractivity contribution in [3.63, 3.8) is 0 Å². The molecule has 0 spiro atoms. The lowest BCUT2D eigenvalue weighted by Crippen LogP contribution is -2.22. The van der Waals surface area contributed by atoms with Crippen LogP contribution in [0.1, 0.15) is 5.76 Å². The molecule has 110 valence electrons. The van der Waals surface area contributed by atoms with Crippen LogP contribution in [-0.4, -0.2) is 16.0 Å². The van der Waals surface area contributed by atoms with Gasteiger partial charge in [0.2, 0.25) is 0 Å². The summed E-state index contributed by atoms with van der Waals surface area (Å²) in [5.41, 5.74) is 3.21. The fraction of sp³-hybridized carbons (Fsp3) is 0. The van der Waals surface area contributed by atoms with E-state index in [0.717, 1.165) is 0 Å². The molecule has 6 nitrogen and oxygen atoms in total. The van der Waals surface area contributed by atoms with E-state index >= 15 is 0 Å². The van der Waals surface area contributed by atoms with Crippen molar-refractivity contribution >= 4 is 23.5 Å². The van der Waals surface area contributed by atoms with Crippen molar-refractivity contribution in [3.8, 4) is 5.69 Å². The number of hydrazone groups is 1. The zero-order valence-corrected chi connectivity index (χ0v) is 12.1. The van der Waals surface area contributed by atoms with E-state index in [0.29, 0.717) is 17.1 Å². The predicted molar refractivity (Wildman–Crippen MR) is 84.8 cm³/mol. The normalized spacial score (nSPS) is 11.0. The number of anilines is 1. The lowest BCUT2D eigenvalue weighted by Gasteiger charge is -2.07. The van der Waals surface area contributed by atoms with Crippen molar-refractivity contribution in [3.05, 3.63) is 76.1 Å². The van der Waals surface area contributed by atoms with Crippen LogP contribution >= 0.6 is 11.6 Å². The number of hydrogen-bond acceptors (Lipinski definition) is 5. The van der Waals surface area contributed by atoms with Crippen molar-refractivity contribution in [2.24, 2.45) is 5.10 Å². The van der Waals surface area contributed by atoms with Crippen molar-refractivity contribution in [1.29, 1.82) is 0 Å². The van der Waals surface area contributed by atoms with Crippen LogP contribution in [0.5, 0.6) is 0 Å². The summed E-state index contributed by atoms with van der Waals surface area (Å²) < 4.78 is 6.32. The summed E-state index contributed by atoms with van der Waals surface area (Å²) in [6, 6.07) is 12.5. The molecule has 0 saturated carbocycles. The number of benzene rings is 1. The SMILES string of the molecule is O=c1c(Cl)c(N/N=C\c2ccco2)cnn1-c1ccccc1. The second-order valence-corrected chi connectivity index (χ2v) is 4.69. The molecule has 1 N–H and O–H groups in total. The lowest BCUT2D eigenvalue weighted by molar-refractivity contribution is 0.560. The monoisotopic (exact) mass is 314 g/mol. The maximum atomic E-state index is 12.2. The van der Waals surface area contributed by atoms with Crippen molar-refractivity contribution in [2.75, 3.05) is 5.43 Å². The second kappa shape index (κ2) is 6.28. The molecule has 0 saturated heterocycles. The van der Waals surface area contributed by atoms with Gasteiger partial charge in [-0.2, -0.15) is 14.9 Å². The number of nitrogens with one attached hydrogen (secondary N) is 1. The number of rotatable bonds is 4. The van der Waals surface area contributed by atoms with Gasteiger partial charge in [0, 0.05) is 0 Å². The molecule has 22 heavy (non-hydrogen) atoms. The van der Waals surface area contributed by atoms with Gasteiger partial charge in [-0.25, -0.2) is 0 Å². The summed E-state index contributed by atoms with van der Waals surface area (Å²) in [4.78, 5) is 12.2. The average Bonchev–Trinajstić information content (AvgIpc) is 3.06. The van der Waals surface area contributed by atoms with Crippen molar-refractivity contribution in [2.45, 2.75) is 0 Å². The minimum atomic E-state index is -0.425. The first-order valence-electron chi connectivity index (χ1n) is 6.41. The van der Waals surface area contributed by atoms with Gasteiger partial charge < -0.3 is 4.42 Å². The lowest BCUT2D eigenvalue weighted by atomic mass is 10.3. The second-order valence-electron chi connectivity index (χ2n) is 4.31. The van der Waals surface area contributed by atoms with E-state index in [2.05, 4.69) is 15.6 Å². The smallest absolute Gasteiger partial charge is 0.292 e. The van der Waals surface area contributed by atoms with Gasteiger partial charge in [0.15, 0.2) is 0 Å². The minimum Gasteiger partial charge on any atom is -0.463 e. The van der Waals surface area contributed by atoms with Crippen molar-refractivity contribution < 1.29 is 4.42 Å². The first kappa shape index (κ1) is 14.1. The highest BCUT2D eigenvalue weighted by Gasteiger charge is 2.09. The summed E-state index contributed by atoms with van der Waals surface area (Å²) in [6.45, 7) is 0. The average molecular weight is 315 g/mol. The molecular weight excluding hydrogens is 304 g/mol. The van der Waals surface area contributed by atoms with Crippen LogP contribution in [0, 0.1) is 0 Å². The van der Waals surface area contributed by atoms with E-state index in [9.17, 15) is 4.79 Å². The van der Waals surface area contributed by atoms with Crippen LogP contribution in [0.4, 0.5) is 5.69 Å². The Bertz CT molecular complexity index is 842. The van der Waals surface area contributed by atoms with Gasteiger partial charge >= 0.3 is 0 Å². The molecule has 3 rings (SSSR count). The number of furan rings is 1.